The van der Waals surface area contributed by atoms with Crippen molar-refractivity contribution in [3.8, 4) is 5.75 Å². The highest BCUT2D eigenvalue weighted by molar-refractivity contribution is 5.32. The summed E-state index contributed by atoms with van der Waals surface area (Å²) in [5, 5.41) is 0. The van der Waals surface area contributed by atoms with Gasteiger partial charge >= 0.3 is 0 Å². The summed E-state index contributed by atoms with van der Waals surface area (Å²) in [6.07, 6.45) is 3.55. The Morgan fingerprint density at radius 2 is 2.38 bits per heavy atom. The van der Waals surface area contributed by atoms with Crippen LogP contribution in [0.5, 0.6) is 5.75 Å². The Morgan fingerprint density at radius 1 is 1.50 bits per heavy atom. The van der Waals surface area contributed by atoms with Gasteiger partial charge in [-0.25, -0.2) is 4.39 Å². The Morgan fingerprint density at radius 3 is 3.06 bits per heavy atom. The Bertz CT molecular complexity index is 346. The zero-order chi connectivity index (χ0) is 11.4. The largest absolute Gasteiger partial charge is 0.493 e. The van der Waals surface area contributed by atoms with Crippen LogP contribution in [0.3, 0.4) is 0 Å². The predicted molar refractivity (Wildman–Crippen MR) is 60.2 cm³/mol. The van der Waals surface area contributed by atoms with Crippen LogP contribution in [0.1, 0.15) is 24.8 Å². The van der Waals surface area contributed by atoms with E-state index in [1.54, 1.807) is 6.07 Å². The topological polar surface area (TPSA) is 18.5 Å². The van der Waals surface area contributed by atoms with Crippen LogP contribution in [0.2, 0.25) is 0 Å². The number of hydrogen-bond donors (Lipinski definition) is 0. The van der Waals surface area contributed by atoms with Crippen LogP contribution >= 0.6 is 0 Å². The predicted octanol–water partition coefficient (Wildman–Crippen LogP) is 3.08. The van der Waals surface area contributed by atoms with E-state index in [1.165, 1.54) is 12.1 Å². The van der Waals surface area contributed by atoms with Gasteiger partial charge < -0.3 is 9.47 Å². The summed E-state index contributed by atoms with van der Waals surface area (Å²) in [6, 6.07) is 4.59. The maximum absolute atomic E-state index is 12.8. The molecule has 0 saturated carbocycles. The van der Waals surface area contributed by atoms with Crippen molar-refractivity contribution in [3.05, 3.63) is 29.6 Å². The van der Waals surface area contributed by atoms with Crippen LogP contribution in [0.4, 0.5) is 4.39 Å². The van der Waals surface area contributed by atoms with Gasteiger partial charge in [0.05, 0.1) is 12.7 Å². The second-order valence-electron chi connectivity index (χ2n) is 4.18. The van der Waals surface area contributed by atoms with Crippen molar-refractivity contribution >= 4 is 0 Å². The van der Waals surface area contributed by atoms with Crippen LogP contribution in [-0.2, 0) is 4.74 Å². The molecule has 88 valence electrons. The van der Waals surface area contributed by atoms with Crippen molar-refractivity contribution in [3.63, 3.8) is 0 Å². The Balaban J connectivity index is 1.80. The molecule has 0 N–H and O–H groups in total. The van der Waals surface area contributed by atoms with E-state index < -0.39 is 0 Å². The minimum atomic E-state index is -0.219. The summed E-state index contributed by atoms with van der Waals surface area (Å²) in [7, 11) is 0. The van der Waals surface area contributed by atoms with Gasteiger partial charge in [-0.1, -0.05) is 0 Å². The molecule has 0 spiro atoms. The van der Waals surface area contributed by atoms with Gasteiger partial charge in [0.2, 0.25) is 0 Å². The van der Waals surface area contributed by atoms with Crippen molar-refractivity contribution in [1.82, 2.24) is 0 Å². The maximum Gasteiger partial charge on any atom is 0.123 e. The third-order valence-corrected chi connectivity index (χ3v) is 2.86. The van der Waals surface area contributed by atoms with E-state index in [0.717, 1.165) is 37.2 Å². The fraction of sp³-hybridized carbons (Fsp3) is 0.538. The lowest BCUT2D eigenvalue weighted by molar-refractivity contribution is 0.0902. The molecule has 0 radical (unpaired) electrons. The number of rotatable bonds is 4. The summed E-state index contributed by atoms with van der Waals surface area (Å²) in [4.78, 5) is 0. The molecular weight excluding hydrogens is 207 g/mol. The molecule has 0 aliphatic carbocycles. The molecule has 16 heavy (non-hydrogen) atoms. The molecule has 0 aromatic heterocycles. The molecule has 1 aliphatic rings. The molecular formula is C13H17FO2. The second-order valence-corrected chi connectivity index (χ2v) is 4.18. The van der Waals surface area contributed by atoms with Crippen LogP contribution in [-0.4, -0.2) is 19.3 Å². The van der Waals surface area contributed by atoms with Gasteiger partial charge in [-0.2, -0.15) is 0 Å². The van der Waals surface area contributed by atoms with Crippen molar-refractivity contribution in [2.24, 2.45) is 0 Å². The van der Waals surface area contributed by atoms with Gasteiger partial charge in [0.25, 0.3) is 0 Å². The molecule has 1 saturated heterocycles. The standard InChI is InChI=1S/C13H17FO2/c1-10-9-11(14)4-5-13(10)16-8-6-12-3-2-7-15-12/h4-5,9,12H,2-3,6-8H2,1H3. The molecule has 1 aromatic rings. The molecule has 1 heterocycles. The van der Waals surface area contributed by atoms with Crippen molar-refractivity contribution < 1.29 is 13.9 Å². The fourth-order valence-corrected chi connectivity index (χ4v) is 1.95. The van der Waals surface area contributed by atoms with E-state index in [4.69, 9.17) is 9.47 Å². The molecule has 2 nitrogen and oxygen atoms in total. The number of halogens is 1. The van der Waals surface area contributed by atoms with Crippen molar-refractivity contribution in [2.45, 2.75) is 32.3 Å². The zero-order valence-electron chi connectivity index (χ0n) is 9.54. The molecule has 2 rings (SSSR count). The SMILES string of the molecule is Cc1cc(F)ccc1OCCC1CCCO1. The molecule has 1 aromatic carbocycles. The lowest BCUT2D eigenvalue weighted by Gasteiger charge is -2.12. The first-order valence-electron chi connectivity index (χ1n) is 5.76. The number of benzene rings is 1. The number of hydrogen-bond acceptors (Lipinski definition) is 2. The molecule has 1 aliphatic heterocycles. The smallest absolute Gasteiger partial charge is 0.123 e. The first-order valence-corrected chi connectivity index (χ1v) is 5.76. The fourth-order valence-electron chi connectivity index (χ4n) is 1.95. The lowest BCUT2D eigenvalue weighted by atomic mass is 10.2. The van der Waals surface area contributed by atoms with E-state index in [2.05, 4.69) is 0 Å². The van der Waals surface area contributed by atoms with E-state index >= 15 is 0 Å². The number of aryl methyl sites for hydroxylation is 1. The minimum Gasteiger partial charge on any atom is -0.493 e. The Labute approximate surface area is 95.4 Å². The molecule has 3 heteroatoms. The molecule has 1 fully saturated rings. The molecule has 1 unspecified atom stereocenters. The summed E-state index contributed by atoms with van der Waals surface area (Å²) < 4.78 is 23.9. The van der Waals surface area contributed by atoms with Crippen molar-refractivity contribution in [2.75, 3.05) is 13.2 Å². The van der Waals surface area contributed by atoms with Crippen LogP contribution in [0.15, 0.2) is 18.2 Å². The lowest BCUT2D eigenvalue weighted by Crippen LogP contribution is -2.11. The van der Waals surface area contributed by atoms with Crippen LogP contribution in [0.25, 0.3) is 0 Å². The highest BCUT2D eigenvalue weighted by Gasteiger charge is 2.15. The third-order valence-electron chi connectivity index (χ3n) is 2.86. The summed E-state index contributed by atoms with van der Waals surface area (Å²) in [5.74, 6) is 0.545. The van der Waals surface area contributed by atoms with E-state index in [-0.39, 0.29) is 5.82 Å². The molecule has 0 amide bonds. The first kappa shape index (κ1) is 11.4. The highest BCUT2D eigenvalue weighted by Crippen LogP contribution is 2.20. The highest BCUT2D eigenvalue weighted by atomic mass is 19.1. The Kier molecular flexibility index (Phi) is 3.78. The van der Waals surface area contributed by atoms with Gasteiger partial charge in [0.1, 0.15) is 11.6 Å². The Hall–Kier alpha value is -1.09. The average molecular weight is 224 g/mol. The third kappa shape index (κ3) is 2.95. The maximum atomic E-state index is 12.8. The number of ether oxygens (including phenoxy) is 2. The average Bonchev–Trinajstić information content (AvgIpc) is 2.74. The van der Waals surface area contributed by atoms with Crippen LogP contribution < -0.4 is 4.74 Å². The summed E-state index contributed by atoms with van der Waals surface area (Å²) in [6.45, 7) is 3.36. The van der Waals surface area contributed by atoms with Gasteiger partial charge in [-0.15, -0.1) is 0 Å². The molecule has 0 bridgehead atoms. The normalized spacial score (nSPS) is 20.0. The van der Waals surface area contributed by atoms with E-state index in [1.807, 2.05) is 6.92 Å². The van der Waals surface area contributed by atoms with Gasteiger partial charge in [-0.05, 0) is 43.5 Å². The van der Waals surface area contributed by atoms with E-state index in [0.29, 0.717) is 12.7 Å². The minimum absolute atomic E-state index is 0.219. The quantitative estimate of drug-likeness (QED) is 0.782. The molecule has 1 atom stereocenters. The summed E-state index contributed by atoms with van der Waals surface area (Å²) >= 11 is 0. The second kappa shape index (κ2) is 5.30. The van der Waals surface area contributed by atoms with Crippen molar-refractivity contribution in [1.29, 1.82) is 0 Å². The summed E-state index contributed by atoms with van der Waals surface area (Å²) in [5.41, 5.74) is 0.840. The van der Waals surface area contributed by atoms with E-state index in [9.17, 15) is 4.39 Å². The van der Waals surface area contributed by atoms with Crippen LogP contribution in [0, 0.1) is 12.7 Å². The van der Waals surface area contributed by atoms with Gasteiger partial charge in [0.15, 0.2) is 0 Å². The van der Waals surface area contributed by atoms with Gasteiger partial charge in [-0.3, -0.25) is 0 Å². The van der Waals surface area contributed by atoms with Gasteiger partial charge in [0, 0.05) is 13.0 Å². The first-order chi connectivity index (χ1) is 7.75. The monoisotopic (exact) mass is 224 g/mol. The zero-order valence-corrected chi connectivity index (χ0v) is 9.54.